The molecule has 0 N–H and O–H groups in total. The molecule has 2 aromatic carbocycles. The van der Waals surface area contributed by atoms with Crippen molar-refractivity contribution in [2.45, 2.75) is 6.42 Å². The summed E-state index contributed by atoms with van der Waals surface area (Å²) in [4.78, 5) is 11.1. The molecule has 18 heavy (non-hydrogen) atoms. The number of carbonyl (C=O) groups excluding carboxylic acids is 1. The topological polar surface area (TPSA) is 50.1 Å². The van der Waals surface area contributed by atoms with Crippen molar-refractivity contribution in [2.75, 3.05) is 0 Å². The van der Waals surface area contributed by atoms with Crippen molar-refractivity contribution in [3.05, 3.63) is 59.7 Å². The van der Waals surface area contributed by atoms with E-state index in [4.69, 9.17) is 10.00 Å². The van der Waals surface area contributed by atoms with E-state index in [1.807, 2.05) is 36.4 Å². The number of nitrogens with zero attached hydrogens (tertiary/aromatic N) is 1. The normalized spacial score (nSPS) is 9.50. The molecule has 3 nitrogen and oxygen atoms in total. The van der Waals surface area contributed by atoms with Gasteiger partial charge in [0, 0.05) is 0 Å². The second kappa shape index (κ2) is 5.65. The number of rotatable bonds is 4. The second-order valence-electron chi connectivity index (χ2n) is 3.70. The zero-order chi connectivity index (χ0) is 12.8. The molecule has 0 saturated carbocycles. The van der Waals surface area contributed by atoms with Crippen molar-refractivity contribution >= 4 is 6.29 Å². The summed E-state index contributed by atoms with van der Waals surface area (Å²) in [7, 11) is 0. The maximum Gasteiger partial charge on any atom is 0.154 e. The Balaban J connectivity index is 2.36. The molecule has 2 aromatic rings. The lowest BCUT2D eigenvalue weighted by atomic mass is 10.1. The molecule has 0 spiro atoms. The minimum Gasteiger partial charge on any atom is -0.457 e. The Bertz CT molecular complexity index is 585. The standard InChI is InChI=1S/C15H11NO2/c16-10-9-12-5-4-8-15(14(12)11-17)18-13-6-2-1-3-7-13/h1-8,11H,9H2. The Morgan fingerprint density at radius 1 is 1.11 bits per heavy atom. The van der Waals surface area contributed by atoms with Gasteiger partial charge < -0.3 is 4.74 Å². The molecule has 0 fully saturated rings. The number of hydrogen-bond acceptors (Lipinski definition) is 3. The first-order valence-corrected chi connectivity index (χ1v) is 5.52. The highest BCUT2D eigenvalue weighted by molar-refractivity contribution is 5.82. The van der Waals surface area contributed by atoms with E-state index < -0.39 is 0 Å². The van der Waals surface area contributed by atoms with Gasteiger partial charge in [-0.1, -0.05) is 30.3 Å². The number of ether oxygens (including phenoxy) is 1. The largest absolute Gasteiger partial charge is 0.457 e. The monoisotopic (exact) mass is 237 g/mol. The van der Waals surface area contributed by atoms with Gasteiger partial charge >= 0.3 is 0 Å². The van der Waals surface area contributed by atoms with Gasteiger partial charge in [-0.2, -0.15) is 5.26 Å². The van der Waals surface area contributed by atoms with Crippen LogP contribution in [0.4, 0.5) is 0 Å². The van der Waals surface area contributed by atoms with Gasteiger partial charge in [-0.25, -0.2) is 0 Å². The molecule has 0 aliphatic rings. The quantitative estimate of drug-likeness (QED) is 0.766. The Hall–Kier alpha value is -2.60. The van der Waals surface area contributed by atoms with E-state index in [2.05, 4.69) is 0 Å². The fourth-order valence-electron chi connectivity index (χ4n) is 1.67. The maximum atomic E-state index is 11.1. The first kappa shape index (κ1) is 11.9. The number of nitriles is 1. The Labute approximate surface area is 105 Å². The smallest absolute Gasteiger partial charge is 0.154 e. The van der Waals surface area contributed by atoms with Crippen LogP contribution in [0.1, 0.15) is 15.9 Å². The third-order valence-corrected chi connectivity index (χ3v) is 2.51. The van der Waals surface area contributed by atoms with Gasteiger partial charge in [0.1, 0.15) is 11.5 Å². The zero-order valence-corrected chi connectivity index (χ0v) is 9.67. The lowest BCUT2D eigenvalue weighted by Crippen LogP contribution is -1.96. The molecule has 0 bridgehead atoms. The van der Waals surface area contributed by atoms with Gasteiger partial charge in [0.05, 0.1) is 18.1 Å². The molecule has 0 aliphatic heterocycles. The van der Waals surface area contributed by atoms with E-state index in [9.17, 15) is 4.79 Å². The van der Waals surface area contributed by atoms with Crippen LogP contribution in [0.25, 0.3) is 0 Å². The first-order chi connectivity index (χ1) is 8.85. The fourth-order valence-corrected chi connectivity index (χ4v) is 1.67. The predicted molar refractivity (Wildman–Crippen MR) is 67.7 cm³/mol. The minimum absolute atomic E-state index is 0.195. The molecule has 3 heteroatoms. The average Bonchev–Trinajstić information content (AvgIpc) is 2.41. The van der Waals surface area contributed by atoms with Gasteiger partial charge in [0.25, 0.3) is 0 Å². The zero-order valence-electron chi connectivity index (χ0n) is 9.67. The summed E-state index contributed by atoms with van der Waals surface area (Å²) in [5, 5.41) is 8.71. The highest BCUT2D eigenvalue weighted by Crippen LogP contribution is 2.26. The number of benzene rings is 2. The van der Waals surface area contributed by atoms with Crippen LogP contribution in [0, 0.1) is 11.3 Å². The van der Waals surface area contributed by atoms with Crippen molar-refractivity contribution in [1.82, 2.24) is 0 Å². The SMILES string of the molecule is N#CCc1cccc(Oc2ccccc2)c1C=O. The van der Waals surface area contributed by atoms with Crippen LogP contribution in [0.2, 0.25) is 0 Å². The van der Waals surface area contributed by atoms with Crippen LogP contribution < -0.4 is 4.74 Å². The summed E-state index contributed by atoms with van der Waals surface area (Å²) in [6, 6.07) is 16.5. The van der Waals surface area contributed by atoms with E-state index in [-0.39, 0.29) is 6.42 Å². The summed E-state index contributed by atoms with van der Waals surface area (Å²) in [6.45, 7) is 0. The van der Waals surface area contributed by atoms with Gasteiger partial charge in [-0.15, -0.1) is 0 Å². The summed E-state index contributed by atoms with van der Waals surface area (Å²) in [6.07, 6.45) is 0.922. The molecule has 0 aliphatic carbocycles. The van der Waals surface area contributed by atoms with Crippen molar-refractivity contribution in [3.63, 3.8) is 0 Å². The van der Waals surface area contributed by atoms with Crippen LogP contribution in [0.3, 0.4) is 0 Å². The Kier molecular flexibility index (Phi) is 3.72. The van der Waals surface area contributed by atoms with Crippen LogP contribution in [-0.2, 0) is 6.42 Å². The van der Waals surface area contributed by atoms with Crippen LogP contribution in [-0.4, -0.2) is 6.29 Å². The van der Waals surface area contributed by atoms with Crippen LogP contribution >= 0.6 is 0 Å². The van der Waals surface area contributed by atoms with Crippen LogP contribution in [0.5, 0.6) is 11.5 Å². The molecule has 0 saturated heterocycles. The molecule has 0 heterocycles. The predicted octanol–water partition coefficient (Wildman–Crippen LogP) is 3.36. The summed E-state index contributed by atoms with van der Waals surface area (Å²) >= 11 is 0. The van der Waals surface area contributed by atoms with Gasteiger partial charge in [0.15, 0.2) is 6.29 Å². The van der Waals surface area contributed by atoms with Gasteiger partial charge in [0.2, 0.25) is 0 Å². The van der Waals surface area contributed by atoms with E-state index >= 15 is 0 Å². The van der Waals surface area contributed by atoms with Crippen molar-refractivity contribution in [3.8, 4) is 17.6 Å². The Morgan fingerprint density at radius 2 is 1.89 bits per heavy atom. The molecular weight excluding hydrogens is 226 g/mol. The lowest BCUT2D eigenvalue weighted by Gasteiger charge is -2.09. The number of hydrogen-bond donors (Lipinski definition) is 0. The first-order valence-electron chi connectivity index (χ1n) is 5.52. The summed E-state index contributed by atoms with van der Waals surface area (Å²) < 4.78 is 5.65. The highest BCUT2D eigenvalue weighted by atomic mass is 16.5. The lowest BCUT2D eigenvalue weighted by molar-refractivity contribution is 0.112. The minimum atomic E-state index is 0.195. The molecule has 88 valence electrons. The van der Waals surface area contributed by atoms with E-state index in [0.717, 1.165) is 6.29 Å². The average molecular weight is 237 g/mol. The molecule has 0 aromatic heterocycles. The second-order valence-corrected chi connectivity index (χ2v) is 3.70. The molecule has 2 rings (SSSR count). The summed E-state index contributed by atoms with van der Waals surface area (Å²) in [5.74, 6) is 1.14. The van der Waals surface area contributed by atoms with E-state index in [1.54, 1.807) is 18.2 Å². The van der Waals surface area contributed by atoms with Crippen molar-refractivity contribution in [1.29, 1.82) is 5.26 Å². The van der Waals surface area contributed by atoms with Gasteiger partial charge in [-0.05, 0) is 23.8 Å². The Morgan fingerprint density at radius 3 is 2.56 bits per heavy atom. The number of para-hydroxylation sites is 1. The van der Waals surface area contributed by atoms with Crippen LogP contribution in [0.15, 0.2) is 48.5 Å². The molecular formula is C15H11NO2. The van der Waals surface area contributed by atoms with Crippen molar-refractivity contribution in [2.24, 2.45) is 0 Å². The molecule has 0 radical (unpaired) electrons. The fraction of sp³-hybridized carbons (Fsp3) is 0.0667. The van der Waals surface area contributed by atoms with E-state index in [1.165, 1.54) is 0 Å². The highest BCUT2D eigenvalue weighted by Gasteiger charge is 2.09. The number of carbonyl (C=O) groups is 1. The maximum absolute atomic E-state index is 11.1. The summed E-state index contributed by atoms with van der Waals surface area (Å²) in [5.41, 5.74) is 1.11. The molecule has 0 atom stereocenters. The molecule has 0 unspecified atom stereocenters. The van der Waals surface area contributed by atoms with Gasteiger partial charge in [-0.3, -0.25) is 4.79 Å². The number of aldehydes is 1. The third-order valence-electron chi connectivity index (χ3n) is 2.51. The molecule has 0 amide bonds. The van der Waals surface area contributed by atoms with E-state index in [0.29, 0.717) is 22.6 Å². The van der Waals surface area contributed by atoms with Crippen molar-refractivity contribution < 1.29 is 9.53 Å². The third kappa shape index (κ3) is 2.55.